The highest BCUT2D eigenvalue weighted by atomic mass is 16.5. The lowest BCUT2D eigenvalue weighted by molar-refractivity contribution is -0.121. The Hall–Kier alpha value is -2.17. The van der Waals surface area contributed by atoms with E-state index in [9.17, 15) is 4.79 Å². The van der Waals surface area contributed by atoms with Gasteiger partial charge in [0.2, 0.25) is 5.91 Å². The lowest BCUT2D eigenvalue weighted by Crippen LogP contribution is -2.33. The average Bonchev–Trinajstić information content (AvgIpc) is 2.88. The van der Waals surface area contributed by atoms with Crippen LogP contribution in [-0.2, 0) is 10.2 Å². The summed E-state index contributed by atoms with van der Waals surface area (Å²) >= 11 is 0. The quantitative estimate of drug-likeness (QED) is 0.786. The molecule has 19 heavy (non-hydrogen) atoms. The lowest BCUT2D eigenvalue weighted by Gasteiger charge is -2.16. The van der Waals surface area contributed by atoms with Gasteiger partial charge in [0, 0.05) is 18.3 Å². The third-order valence-corrected chi connectivity index (χ3v) is 3.65. The van der Waals surface area contributed by atoms with E-state index >= 15 is 0 Å². The number of aryl methyl sites for hydroxylation is 1. The first kappa shape index (κ1) is 11.9. The number of hydrogen-bond donors (Lipinski definition) is 0. The summed E-state index contributed by atoms with van der Waals surface area (Å²) in [6.07, 6.45) is 0. The van der Waals surface area contributed by atoms with Gasteiger partial charge in [-0.3, -0.25) is 4.79 Å². The second-order valence-corrected chi connectivity index (χ2v) is 5.37. The van der Waals surface area contributed by atoms with Crippen LogP contribution < -0.4 is 4.90 Å². The summed E-state index contributed by atoms with van der Waals surface area (Å²) in [5, 5.41) is 3.78. The minimum Gasteiger partial charge on any atom is -0.334 e. The molecule has 0 radical (unpaired) electrons. The molecule has 2 aromatic rings. The average molecular weight is 257 g/mol. The van der Waals surface area contributed by atoms with Gasteiger partial charge in [-0.1, -0.05) is 11.2 Å². The Kier molecular flexibility index (Phi) is 2.29. The topological polar surface area (TPSA) is 59.2 Å². The second-order valence-electron chi connectivity index (χ2n) is 5.37. The van der Waals surface area contributed by atoms with Crippen LogP contribution in [0.1, 0.15) is 25.2 Å². The molecule has 5 heteroatoms. The predicted octanol–water partition coefficient (Wildman–Crippen LogP) is 2.30. The molecule has 98 valence electrons. The first-order chi connectivity index (χ1) is 8.91. The van der Waals surface area contributed by atoms with Crippen LogP contribution >= 0.6 is 0 Å². The van der Waals surface area contributed by atoms with E-state index in [1.807, 2.05) is 32.0 Å². The molecule has 0 fully saturated rings. The molecular formula is C14H15N3O2. The van der Waals surface area contributed by atoms with Gasteiger partial charge in [0.25, 0.3) is 5.89 Å². The molecular weight excluding hydrogens is 242 g/mol. The number of fused-ring (bicyclic) bond motifs is 1. The molecule has 1 aromatic heterocycles. The van der Waals surface area contributed by atoms with Crippen LogP contribution in [0.3, 0.4) is 0 Å². The van der Waals surface area contributed by atoms with E-state index in [1.54, 1.807) is 18.9 Å². The van der Waals surface area contributed by atoms with Gasteiger partial charge in [-0.25, -0.2) is 0 Å². The molecule has 1 amide bonds. The van der Waals surface area contributed by atoms with Crippen LogP contribution in [0.5, 0.6) is 0 Å². The number of anilines is 1. The predicted molar refractivity (Wildman–Crippen MR) is 70.9 cm³/mol. The highest BCUT2D eigenvalue weighted by molar-refractivity contribution is 6.07. The molecule has 0 saturated heterocycles. The molecule has 0 spiro atoms. The number of aromatic nitrogens is 2. The van der Waals surface area contributed by atoms with Crippen molar-refractivity contribution >= 4 is 11.6 Å². The summed E-state index contributed by atoms with van der Waals surface area (Å²) in [5.74, 6) is 1.17. The van der Waals surface area contributed by atoms with E-state index in [0.717, 1.165) is 16.8 Å². The smallest absolute Gasteiger partial charge is 0.257 e. The maximum absolute atomic E-state index is 12.2. The fourth-order valence-corrected chi connectivity index (χ4v) is 2.53. The maximum atomic E-state index is 12.2. The van der Waals surface area contributed by atoms with E-state index in [1.165, 1.54) is 0 Å². The third kappa shape index (κ3) is 1.58. The number of nitrogens with zero attached hydrogens (tertiary/aromatic N) is 3. The van der Waals surface area contributed by atoms with Crippen molar-refractivity contribution in [1.82, 2.24) is 10.1 Å². The minimum atomic E-state index is -0.479. The molecule has 0 N–H and O–H groups in total. The lowest BCUT2D eigenvalue weighted by atomic mass is 9.86. The Morgan fingerprint density at radius 3 is 2.68 bits per heavy atom. The van der Waals surface area contributed by atoms with Gasteiger partial charge >= 0.3 is 0 Å². The van der Waals surface area contributed by atoms with Crippen LogP contribution in [0.15, 0.2) is 22.7 Å². The van der Waals surface area contributed by atoms with Gasteiger partial charge in [0.05, 0.1) is 5.41 Å². The molecule has 1 aromatic carbocycles. The van der Waals surface area contributed by atoms with Gasteiger partial charge in [-0.15, -0.1) is 0 Å². The summed E-state index contributed by atoms with van der Waals surface area (Å²) in [6, 6.07) is 5.81. The van der Waals surface area contributed by atoms with Crippen molar-refractivity contribution in [2.75, 3.05) is 11.9 Å². The van der Waals surface area contributed by atoms with E-state index in [0.29, 0.717) is 11.7 Å². The fourth-order valence-electron chi connectivity index (χ4n) is 2.53. The molecule has 0 saturated carbocycles. The van der Waals surface area contributed by atoms with Crippen molar-refractivity contribution in [2.24, 2.45) is 0 Å². The van der Waals surface area contributed by atoms with E-state index in [2.05, 4.69) is 10.1 Å². The van der Waals surface area contributed by atoms with Gasteiger partial charge < -0.3 is 9.42 Å². The van der Waals surface area contributed by atoms with Crippen LogP contribution in [-0.4, -0.2) is 23.1 Å². The Labute approximate surface area is 111 Å². The normalized spacial score (nSPS) is 16.8. The zero-order valence-electron chi connectivity index (χ0n) is 11.4. The Bertz CT molecular complexity index is 673. The molecule has 0 unspecified atom stereocenters. The molecule has 0 aliphatic carbocycles. The van der Waals surface area contributed by atoms with Crippen molar-refractivity contribution < 1.29 is 9.32 Å². The standard InChI is InChI=1S/C14H15N3O2/c1-8-15-12(19-16-8)9-5-6-10-11(7-9)17(4)13(18)14(10,2)3/h5-7H,1-4H3. The molecule has 0 atom stereocenters. The largest absolute Gasteiger partial charge is 0.334 e. The highest BCUT2D eigenvalue weighted by Crippen LogP contribution is 2.42. The molecule has 1 aliphatic heterocycles. The Morgan fingerprint density at radius 2 is 2.05 bits per heavy atom. The van der Waals surface area contributed by atoms with Crippen molar-refractivity contribution in [3.05, 3.63) is 29.6 Å². The molecule has 1 aliphatic rings. The minimum absolute atomic E-state index is 0.0985. The summed E-state index contributed by atoms with van der Waals surface area (Å²) in [7, 11) is 1.79. The summed E-state index contributed by atoms with van der Waals surface area (Å²) in [5.41, 5.74) is 2.29. The zero-order valence-corrected chi connectivity index (χ0v) is 11.4. The number of amides is 1. The van der Waals surface area contributed by atoms with Gasteiger partial charge in [0.1, 0.15) is 0 Å². The van der Waals surface area contributed by atoms with E-state index < -0.39 is 5.41 Å². The first-order valence-electron chi connectivity index (χ1n) is 6.14. The number of carbonyl (C=O) groups is 1. The monoisotopic (exact) mass is 257 g/mol. The molecule has 0 bridgehead atoms. The number of hydrogen-bond acceptors (Lipinski definition) is 4. The van der Waals surface area contributed by atoms with Crippen LogP contribution in [0.25, 0.3) is 11.5 Å². The van der Waals surface area contributed by atoms with Gasteiger partial charge in [0.15, 0.2) is 5.82 Å². The van der Waals surface area contributed by atoms with Crippen molar-refractivity contribution in [1.29, 1.82) is 0 Å². The number of rotatable bonds is 1. The number of benzene rings is 1. The van der Waals surface area contributed by atoms with Crippen molar-refractivity contribution in [2.45, 2.75) is 26.2 Å². The third-order valence-electron chi connectivity index (χ3n) is 3.65. The summed E-state index contributed by atoms with van der Waals surface area (Å²) in [4.78, 5) is 18.1. The summed E-state index contributed by atoms with van der Waals surface area (Å²) < 4.78 is 5.16. The molecule has 5 nitrogen and oxygen atoms in total. The number of likely N-dealkylation sites (N-methyl/N-ethyl adjacent to an activating group) is 1. The van der Waals surface area contributed by atoms with E-state index in [-0.39, 0.29) is 5.91 Å². The Morgan fingerprint density at radius 1 is 1.32 bits per heavy atom. The molecule has 2 heterocycles. The molecule has 3 rings (SSSR count). The fraction of sp³-hybridized carbons (Fsp3) is 0.357. The van der Waals surface area contributed by atoms with Crippen LogP contribution in [0.4, 0.5) is 5.69 Å². The maximum Gasteiger partial charge on any atom is 0.257 e. The van der Waals surface area contributed by atoms with Crippen LogP contribution in [0, 0.1) is 6.92 Å². The SMILES string of the molecule is Cc1noc(-c2ccc3c(c2)N(C)C(=O)C3(C)C)n1. The van der Waals surface area contributed by atoms with Crippen molar-refractivity contribution in [3.8, 4) is 11.5 Å². The van der Waals surface area contributed by atoms with Gasteiger partial charge in [-0.2, -0.15) is 4.98 Å². The van der Waals surface area contributed by atoms with Gasteiger partial charge in [-0.05, 0) is 38.5 Å². The Balaban J connectivity index is 2.14. The number of carbonyl (C=O) groups excluding carboxylic acids is 1. The van der Waals surface area contributed by atoms with E-state index in [4.69, 9.17) is 4.52 Å². The summed E-state index contributed by atoms with van der Waals surface area (Å²) in [6.45, 7) is 5.65. The van der Waals surface area contributed by atoms with Crippen LogP contribution in [0.2, 0.25) is 0 Å². The zero-order chi connectivity index (χ0) is 13.8. The highest BCUT2D eigenvalue weighted by Gasteiger charge is 2.42. The van der Waals surface area contributed by atoms with Crippen molar-refractivity contribution in [3.63, 3.8) is 0 Å². The second kappa shape index (κ2) is 3.66. The first-order valence-corrected chi connectivity index (χ1v) is 6.14.